The molecule has 1 fully saturated rings. The van der Waals surface area contributed by atoms with Gasteiger partial charge >= 0.3 is 5.97 Å². The highest BCUT2D eigenvalue weighted by Gasteiger charge is 2.54. The number of ether oxygens (including phenoxy) is 2. The number of aliphatic imine (C=N–C) groups is 1. The Hall–Kier alpha value is -4.38. The van der Waals surface area contributed by atoms with Crippen LogP contribution in [0.2, 0.25) is 0 Å². The monoisotopic (exact) mass is 533 g/mol. The summed E-state index contributed by atoms with van der Waals surface area (Å²) < 4.78 is 16.4. The lowest BCUT2D eigenvalue weighted by Crippen LogP contribution is -2.64. The Labute approximate surface area is 222 Å². The Kier molecular flexibility index (Phi) is 7.01. The van der Waals surface area contributed by atoms with Crippen molar-refractivity contribution in [3.05, 3.63) is 99.1 Å². The van der Waals surface area contributed by atoms with E-state index in [0.29, 0.717) is 28.4 Å². The number of aryl methyl sites for hydroxylation is 1. The first-order chi connectivity index (χ1) is 18.4. The van der Waals surface area contributed by atoms with Gasteiger partial charge in [0.25, 0.3) is 11.6 Å². The van der Waals surface area contributed by atoms with Gasteiger partial charge in [-0.3, -0.25) is 24.8 Å². The average molecular weight is 534 g/mol. The zero-order valence-corrected chi connectivity index (χ0v) is 21.3. The Morgan fingerprint density at radius 3 is 2.61 bits per heavy atom. The van der Waals surface area contributed by atoms with Gasteiger partial charge in [-0.15, -0.1) is 11.8 Å². The molecule has 3 aromatic rings. The fourth-order valence-corrected chi connectivity index (χ4v) is 5.50. The third-order valence-electron chi connectivity index (χ3n) is 6.18. The maximum absolute atomic E-state index is 13.4. The predicted octanol–water partition coefficient (Wildman–Crippen LogP) is 4.36. The molecule has 2 aromatic carbocycles. The summed E-state index contributed by atoms with van der Waals surface area (Å²) in [5, 5.41) is 10.5. The van der Waals surface area contributed by atoms with E-state index in [9.17, 15) is 19.7 Å². The van der Waals surface area contributed by atoms with Crippen LogP contribution in [-0.2, 0) is 20.9 Å². The first-order valence-electron chi connectivity index (χ1n) is 11.7. The molecule has 10 nitrogen and oxygen atoms in total. The van der Waals surface area contributed by atoms with Gasteiger partial charge < -0.3 is 13.9 Å². The van der Waals surface area contributed by atoms with Crippen molar-refractivity contribution in [2.24, 2.45) is 4.99 Å². The van der Waals surface area contributed by atoms with Crippen molar-refractivity contribution in [3.63, 3.8) is 0 Å². The van der Waals surface area contributed by atoms with Gasteiger partial charge in [-0.05, 0) is 53.9 Å². The van der Waals surface area contributed by atoms with Crippen LogP contribution in [0.1, 0.15) is 22.5 Å². The van der Waals surface area contributed by atoms with E-state index in [0.717, 1.165) is 11.1 Å². The number of β-lactam (4-membered cyclic amide) rings is 1. The number of furan rings is 1. The van der Waals surface area contributed by atoms with E-state index in [1.807, 2.05) is 13.0 Å². The van der Waals surface area contributed by atoms with Crippen molar-refractivity contribution in [1.82, 2.24) is 4.90 Å². The number of hydrogen-bond donors (Lipinski definition) is 0. The molecule has 3 heterocycles. The van der Waals surface area contributed by atoms with Gasteiger partial charge in [-0.25, -0.2) is 4.79 Å². The van der Waals surface area contributed by atoms with Gasteiger partial charge in [-0.2, -0.15) is 0 Å². The molecule has 5 rings (SSSR count). The van der Waals surface area contributed by atoms with E-state index >= 15 is 0 Å². The molecule has 2 atom stereocenters. The zero-order valence-electron chi connectivity index (χ0n) is 20.5. The van der Waals surface area contributed by atoms with Crippen LogP contribution < -0.4 is 4.74 Å². The SMILES string of the molecule is COc1ccc(COC(=O)C2=C(c3cc(C)co3)CS[C@@H]3[C@@H](N=Cc4ccc([N+](=O)[O-])cc4)C(=O)N23)cc1. The molecule has 1 aromatic heterocycles. The molecule has 38 heavy (non-hydrogen) atoms. The number of hydrogen-bond acceptors (Lipinski definition) is 9. The number of esters is 1. The Morgan fingerprint density at radius 1 is 1.24 bits per heavy atom. The number of nitrogens with zero attached hydrogens (tertiary/aromatic N) is 3. The number of nitro benzene ring substituents is 1. The molecule has 0 radical (unpaired) electrons. The van der Waals surface area contributed by atoms with Crippen LogP contribution in [0.25, 0.3) is 5.57 Å². The Morgan fingerprint density at radius 2 is 1.97 bits per heavy atom. The smallest absolute Gasteiger partial charge is 0.355 e. The summed E-state index contributed by atoms with van der Waals surface area (Å²) >= 11 is 1.48. The molecule has 0 N–H and O–H groups in total. The highest BCUT2D eigenvalue weighted by molar-refractivity contribution is 8.00. The summed E-state index contributed by atoms with van der Waals surface area (Å²) in [7, 11) is 1.57. The van der Waals surface area contributed by atoms with E-state index in [4.69, 9.17) is 13.9 Å². The number of carbonyl (C=O) groups is 2. The second kappa shape index (κ2) is 10.5. The quantitative estimate of drug-likeness (QED) is 0.138. The van der Waals surface area contributed by atoms with Crippen molar-refractivity contribution in [1.29, 1.82) is 0 Å². The molecule has 2 aliphatic heterocycles. The number of amides is 1. The standard InChI is InChI=1S/C27H23N3O7S/c1-16-11-22(36-13-16)21-15-38-26-23(28-12-17-3-7-19(8-4-17)30(33)34)25(31)29(26)24(21)27(32)37-14-18-5-9-20(35-2)10-6-18/h3-13,23,26H,14-15H2,1-2H3/t23-,26+/m0/s1. The second-order valence-electron chi connectivity index (χ2n) is 8.72. The van der Waals surface area contributed by atoms with Crippen molar-refractivity contribution >= 4 is 41.1 Å². The summed E-state index contributed by atoms with van der Waals surface area (Å²) in [5.41, 5.74) is 3.01. The van der Waals surface area contributed by atoms with E-state index in [1.54, 1.807) is 49.8 Å². The molecule has 11 heteroatoms. The lowest BCUT2D eigenvalue weighted by atomic mass is 10.0. The first-order valence-corrected chi connectivity index (χ1v) is 12.7. The third kappa shape index (κ3) is 4.92. The van der Waals surface area contributed by atoms with Crippen molar-refractivity contribution < 1.29 is 28.4 Å². The molecule has 0 saturated carbocycles. The normalized spacial score (nSPS) is 18.8. The number of methoxy groups -OCH3 is 1. The minimum absolute atomic E-state index is 0.0261. The average Bonchev–Trinajstić information content (AvgIpc) is 3.37. The van der Waals surface area contributed by atoms with E-state index in [2.05, 4.69) is 4.99 Å². The number of rotatable bonds is 8. The van der Waals surface area contributed by atoms with Gasteiger partial charge in [0.2, 0.25) is 0 Å². The van der Waals surface area contributed by atoms with E-state index in [1.165, 1.54) is 35.0 Å². The molecule has 194 valence electrons. The highest BCUT2D eigenvalue weighted by Crippen LogP contribution is 2.45. The summed E-state index contributed by atoms with van der Waals surface area (Å²) in [6.45, 7) is 1.91. The molecule has 1 saturated heterocycles. The van der Waals surface area contributed by atoms with Gasteiger partial charge in [0.15, 0.2) is 6.04 Å². The first kappa shape index (κ1) is 25.3. The lowest BCUT2D eigenvalue weighted by molar-refractivity contribution is -0.384. The van der Waals surface area contributed by atoms with Crippen LogP contribution in [0.3, 0.4) is 0 Å². The van der Waals surface area contributed by atoms with Crippen molar-refractivity contribution in [2.75, 3.05) is 12.9 Å². The molecule has 0 aliphatic carbocycles. The van der Waals surface area contributed by atoms with Gasteiger partial charge in [0.05, 0.1) is 18.3 Å². The molecule has 0 bridgehead atoms. The molecule has 0 unspecified atom stereocenters. The molecule has 0 spiro atoms. The van der Waals surface area contributed by atoms with E-state index < -0.39 is 16.9 Å². The minimum Gasteiger partial charge on any atom is -0.497 e. The van der Waals surface area contributed by atoms with Crippen molar-refractivity contribution in [2.45, 2.75) is 24.9 Å². The summed E-state index contributed by atoms with van der Waals surface area (Å²) in [4.78, 5) is 42.8. The van der Waals surface area contributed by atoms with Crippen LogP contribution in [0.5, 0.6) is 5.75 Å². The third-order valence-corrected chi connectivity index (χ3v) is 7.44. The summed E-state index contributed by atoms with van der Waals surface area (Å²) in [5.74, 6) is 0.670. The molecular formula is C27H23N3O7S. The Bertz CT molecular complexity index is 1440. The lowest BCUT2D eigenvalue weighted by Gasteiger charge is -2.47. The summed E-state index contributed by atoms with van der Waals surface area (Å²) in [6, 6.07) is 14.2. The van der Waals surface area contributed by atoms with Crippen LogP contribution >= 0.6 is 11.8 Å². The topological polar surface area (TPSA) is 124 Å². The maximum atomic E-state index is 13.4. The number of fused-ring (bicyclic) bond motifs is 1. The number of thioether (sulfide) groups is 1. The number of non-ortho nitro benzene ring substituents is 1. The van der Waals surface area contributed by atoms with Gasteiger partial charge in [-0.1, -0.05) is 12.1 Å². The van der Waals surface area contributed by atoms with Crippen LogP contribution in [0.4, 0.5) is 5.69 Å². The maximum Gasteiger partial charge on any atom is 0.355 e. The van der Waals surface area contributed by atoms with Crippen LogP contribution in [0, 0.1) is 17.0 Å². The number of benzene rings is 2. The Balaban J connectivity index is 1.37. The highest BCUT2D eigenvalue weighted by atomic mass is 32.2. The minimum atomic E-state index is -0.695. The molecule has 1 amide bonds. The fraction of sp³-hybridized carbons (Fsp3) is 0.222. The number of nitro groups is 1. The largest absolute Gasteiger partial charge is 0.497 e. The second-order valence-corrected chi connectivity index (χ2v) is 9.83. The van der Waals surface area contributed by atoms with Crippen LogP contribution in [0.15, 0.2) is 76.0 Å². The van der Waals surface area contributed by atoms with Crippen molar-refractivity contribution in [3.8, 4) is 5.75 Å². The van der Waals surface area contributed by atoms with Crippen LogP contribution in [-0.4, -0.2) is 52.2 Å². The number of carbonyl (C=O) groups excluding carboxylic acids is 2. The zero-order chi connectivity index (χ0) is 26.8. The van der Waals surface area contributed by atoms with Gasteiger partial charge in [0, 0.05) is 29.7 Å². The molecular weight excluding hydrogens is 510 g/mol. The van der Waals surface area contributed by atoms with Gasteiger partial charge in [0.1, 0.15) is 29.2 Å². The van der Waals surface area contributed by atoms with E-state index in [-0.39, 0.29) is 29.3 Å². The summed E-state index contributed by atoms with van der Waals surface area (Å²) in [6.07, 6.45) is 3.11. The molecule has 2 aliphatic rings. The fourth-order valence-electron chi connectivity index (χ4n) is 4.16. The predicted molar refractivity (Wildman–Crippen MR) is 141 cm³/mol.